The van der Waals surface area contributed by atoms with E-state index in [1.165, 1.54) is 12.8 Å². The van der Waals surface area contributed by atoms with Gasteiger partial charge in [-0.1, -0.05) is 12.8 Å². The van der Waals surface area contributed by atoms with Gasteiger partial charge in [-0.2, -0.15) is 0 Å². The molecule has 1 amide bonds. The van der Waals surface area contributed by atoms with Gasteiger partial charge in [0.05, 0.1) is 18.3 Å². The van der Waals surface area contributed by atoms with Crippen LogP contribution in [-0.4, -0.2) is 30.1 Å². The van der Waals surface area contributed by atoms with E-state index in [9.17, 15) is 4.79 Å². The smallest absolute Gasteiger partial charge is 0.252 e. The molecule has 0 unspecified atom stereocenters. The number of nitrogens with zero attached hydrogens (tertiary/aromatic N) is 1. The Labute approximate surface area is 115 Å². The first kappa shape index (κ1) is 13.5. The van der Waals surface area contributed by atoms with Crippen LogP contribution in [0.4, 0.5) is 0 Å². The minimum Gasteiger partial charge on any atom is -0.376 e. The standard InChI is InChI=1S/C13H17BrN2O2/c14-11-7-10(8-15-9-11)13(17)16-5-6-18-12-3-1-2-4-12/h7-9,12H,1-6H2,(H,16,17). The second-order valence-electron chi connectivity index (χ2n) is 4.42. The van der Waals surface area contributed by atoms with Gasteiger partial charge < -0.3 is 10.1 Å². The number of amides is 1. The highest BCUT2D eigenvalue weighted by atomic mass is 79.9. The first-order chi connectivity index (χ1) is 8.75. The second-order valence-corrected chi connectivity index (χ2v) is 5.34. The van der Waals surface area contributed by atoms with Gasteiger partial charge in [0.2, 0.25) is 0 Å². The van der Waals surface area contributed by atoms with Crippen molar-refractivity contribution >= 4 is 21.8 Å². The lowest BCUT2D eigenvalue weighted by Gasteiger charge is -2.11. The van der Waals surface area contributed by atoms with E-state index < -0.39 is 0 Å². The molecule has 0 aliphatic heterocycles. The molecule has 1 fully saturated rings. The average molecular weight is 313 g/mol. The van der Waals surface area contributed by atoms with Crippen LogP contribution in [0.2, 0.25) is 0 Å². The van der Waals surface area contributed by atoms with Crippen LogP contribution in [0.15, 0.2) is 22.9 Å². The van der Waals surface area contributed by atoms with Gasteiger partial charge >= 0.3 is 0 Å². The number of hydrogen-bond donors (Lipinski definition) is 1. The van der Waals surface area contributed by atoms with Crippen molar-refractivity contribution in [3.63, 3.8) is 0 Å². The molecule has 2 rings (SSSR count). The predicted octanol–water partition coefficient (Wildman–Crippen LogP) is 2.53. The largest absolute Gasteiger partial charge is 0.376 e. The summed E-state index contributed by atoms with van der Waals surface area (Å²) >= 11 is 3.29. The topological polar surface area (TPSA) is 51.2 Å². The van der Waals surface area contributed by atoms with Crippen LogP contribution < -0.4 is 5.32 Å². The number of ether oxygens (including phenoxy) is 1. The number of carbonyl (C=O) groups is 1. The summed E-state index contributed by atoms with van der Waals surface area (Å²) < 4.78 is 6.48. The lowest BCUT2D eigenvalue weighted by Crippen LogP contribution is -2.28. The van der Waals surface area contributed by atoms with E-state index in [4.69, 9.17) is 4.74 Å². The second kappa shape index (κ2) is 6.85. The van der Waals surface area contributed by atoms with Crippen molar-refractivity contribution in [1.29, 1.82) is 0 Å². The summed E-state index contributed by atoms with van der Waals surface area (Å²) in [6.07, 6.45) is 8.45. The van der Waals surface area contributed by atoms with Gasteiger partial charge in [0, 0.05) is 23.4 Å². The van der Waals surface area contributed by atoms with E-state index in [0.29, 0.717) is 24.8 Å². The van der Waals surface area contributed by atoms with Crippen LogP contribution in [-0.2, 0) is 4.74 Å². The first-order valence-corrected chi connectivity index (χ1v) is 7.05. The number of pyridine rings is 1. The zero-order valence-corrected chi connectivity index (χ0v) is 11.8. The molecule has 0 atom stereocenters. The third kappa shape index (κ3) is 4.07. The summed E-state index contributed by atoms with van der Waals surface area (Å²) in [6, 6.07) is 1.75. The molecule has 4 nitrogen and oxygen atoms in total. The maximum atomic E-state index is 11.8. The summed E-state index contributed by atoms with van der Waals surface area (Å²) in [6.45, 7) is 1.12. The van der Waals surface area contributed by atoms with E-state index in [1.807, 2.05) is 0 Å². The van der Waals surface area contributed by atoms with Crippen LogP contribution in [0.25, 0.3) is 0 Å². The van der Waals surface area contributed by atoms with Gasteiger partial charge in [-0.3, -0.25) is 9.78 Å². The number of aromatic nitrogens is 1. The Morgan fingerprint density at radius 3 is 2.94 bits per heavy atom. The monoisotopic (exact) mass is 312 g/mol. The quantitative estimate of drug-likeness (QED) is 0.850. The molecule has 1 aliphatic carbocycles. The highest BCUT2D eigenvalue weighted by molar-refractivity contribution is 9.10. The molecule has 18 heavy (non-hydrogen) atoms. The summed E-state index contributed by atoms with van der Waals surface area (Å²) in [7, 11) is 0. The van der Waals surface area contributed by atoms with Gasteiger partial charge in [-0.15, -0.1) is 0 Å². The Morgan fingerprint density at radius 1 is 1.44 bits per heavy atom. The molecule has 98 valence electrons. The van der Waals surface area contributed by atoms with E-state index in [0.717, 1.165) is 17.3 Å². The van der Waals surface area contributed by atoms with E-state index in [-0.39, 0.29) is 5.91 Å². The van der Waals surface area contributed by atoms with Gasteiger partial charge in [-0.25, -0.2) is 0 Å². The third-order valence-electron chi connectivity index (χ3n) is 3.01. The van der Waals surface area contributed by atoms with Crippen LogP contribution in [0, 0.1) is 0 Å². The fourth-order valence-corrected chi connectivity index (χ4v) is 2.45. The maximum Gasteiger partial charge on any atom is 0.252 e. The fourth-order valence-electron chi connectivity index (χ4n) is 2.08. The van der Waals surface area contributed by atoms with Crippen molar-refractivity contribution in [2.75, 3.05) is 13.2 Å². The minimum absolute atomic E-state index is 0.112. The molecule has 0 radical (unpaired) electrons. The molecule has 0 bridgehead atoms. The zero-order chi connectivity index (χ0) is 12.8. The van der Waals surface area contributed by atoms with Crippen LogP contribution in [0.1, 0.15) is 36.0 Å². The molecule has 1 N–H and O–H groups in total. The Kier molecular flexibility index (Phi) is 5.13. The molecular weight excluding hydrogens is 296 g/mol. The normalized spacial score (nSPS) is 15.8. The molecular formula is C13H17BrN2O2. The first-order valence-electron chi connectivity index (χ1n) is 6.26. The van der Waals surface area contributed by atoms with Crippen molar-refractivity contribution in [1.82, 2.24) is 10.3 Å². The lowest BCUT2D eigenvalue weighted by molar-refractivity contribution is 0.0582. The molecule has 1 aliphatic rings. The third-order valence-corrected chi connectivity index (χ3v) is 3.44. The molecule has 1 saturated carbocycles. The van der Waals surface area contributed by atoms with E-state index in [1.54, 1.807) is 18.5 Å². The Bertz CT molecular complexity index is 406. The summed E-state index contributed by atoms with van der Waals surface area (Å²) in [5, 5.41) is 2.83. The highest BCUT2D eigenvalue weighted by Gasteiger charge is 2.14. The molecule has 0 aromatic carbocycles. The molecule has 0 saturated heterocycles. The number of rotatable bonds is 5. The number of halogens is 1. The zero-order valence-electron chi connectivity index (χ0n) is 10.2. The Morgan fingerprint density at radius 2 is 2.22 bits per heavy atom. The Balaban J connectivity index is 1.68. The van der Waals surface area contributed by atoms with Gasteiger partial charge in [0.15, 0.2) is 0 Å². The van der Waals surface area contributed by atoms with Crippen LogP contribution in [0.3, 0.4) is 0 Å². The SMILES string of the molecule is O=C(NCCOC1CCCC1)c1cncc(Br)c1. The molecule has 5 heteroatoms. The number of hydrogen-bond acceptors (Lipinski definition) is 3. The van der Waals surface area contributed by atoms with Gasteiger partial charge in [0.1, 0.15) is 0 Å². The predicted molar refractivity (Wildman–Crippen MR) is 72.5 cm³/mol. The van der Waals surface area contributed by atoms with Crippen LogP contribution >= 0.6 is 15.9 Å². The van der Waals surface area contributed by atoms with E-state index >= 15 is 0 Å². The van der Waals surface area contributed by atoms with Crippen molar-refractivity contribution < 1.29 is 9.53 Å². The molecule has 0 spiro atoms. The summed E-state index contributed by atoms with van der Waals surface area (Å²) in [5.74, 6) is -0.112. The number of carbonyl (C=O) groups excluding carboxylic acids is 1. The minimum atomic E-state index is -0.112. The van der Waals surface area contributed by atoms with Crippen molar-refractivity contribution in [2.45, 2.75) is 31.8 Å². The Hall–Kier alpha value is -0.940. The maximum absolute atomic E-state index is 11.8. The van der Waals surface area contributed by atoms with Gasteiger partial charge in [0.25, 0.3) is 5.91 Å². The molecule has 1 heterocycles. The fraction of sp³-hybridized carbons (Fsp3) is 0.538. The molecule has 1 aromatic heterocycles. The van der Waals surface area contributed by atoms with Crippen molar-refractivity contribution in [2.24, 2.45) is 0 Å². The average Bonchev–Trinajstić information content (AvgIpc) is 2.87. The number of nitrogens with one attached hydrogen (secondary N) is 1. The highest BCUT2D eigenvalue weighted by Crippen LogP contribution is 2.20. The van der Waals surface area contributed by atoms with Crippen molar-refractivity contribution in [3.05, 3.63) is 28.5 Å². The lowest BCUT2D eigenvalue weighted by atomic mass is 10.3. The molecule has 1 aromatic rings. The van der Waals surface area contributed by atoms with Crippen molar-refractivity contribution in [3.8, 4) is 0 Å². The van der Waals surface area contributed by atoms with Crippen LogP contribution in [0.5, 0.6) is 0 Å². The summed E-state index contributed by atoms with van der Waals surface area (Å²) in [5.41, 5.74) is 0.560. The summed E-state index contributed by atoms with van der Waals surface area (Å²) in [4.78, 5) is 15.7. The van der Waals surface area contributed by atoms with E-state index in [2.05, 4.69) is 26.2 Å². The van der Waals surface area contributed by atoms with Gasteiger partial charge in [-0.05, 0) is 34.8 Å².